The number of rotatable bonds is 7. The quantitative estimate of drug-likeness (QED) is 0.699. The van der Waals surface area contributed by atoms with E-state index in [2.05, 4.69) is 4.98 Å². The number of methoxy groups -OCH3 is 1. The zero-order valence-electron chi connectivity index (χ0n) is 11.5. The monoisotopic (exact) mass is 251 g/mol. The Morgan fingerprint density at radius 3 is 2.61 bits per heavy atom. The second-order valence-corrected chi connectivity index (χ2v) is 4.72. The zero-order valence-corrected chi connectivity index (χ0v) is 11.5. The largest absolute Gasteiger partial charge is 0.492 e. The maximum Gasteiger partial charge on any atom is 0.180 e. The molecular weight excluding hydrogens is 230 g/mol. The van der Waals surface area contributed by atoms with Gasteiger partial charge in [-0.25, -0.2) is 4.98 Å². The standard InChI is InChI=1S/C14H21NO3/c1-5-13(16)12-7-6-11(10-15-12)18-9-8-14(2,3)17-4/h6-7,10H,5,8-9H2,1-4H3. The number of pyridine rings is 1. The smallest absolute Gasteiger partial charge is 0.180 e. The molecule has 100 valence electrons. The molecule has 0 radical (unpaired) electrons. The van der Waals surface area contributed by atoms with Crippen LogP contribution in [0.2, 0.25) is 0 Å². The van der Waals surface area contributed by atoms with Crippen molar-refractivity contribution in [3.63, 3.8) is 0 Å². The molecule has 0 aliphatic rings. The molecule has 4 nitrogen and oxygen atoms in total. The van der Waals surface area contributed by atoms with Gasteiger partial charge in [-0.15, -0.1) is 0 Å². The van der Waals surface area contributed by atoms with Gasteiger partial charge < -0.3 is 9.47 Å². The molecule has 1 aromatic heterocycles. The molecular formula is C14H21NO3. The number of ether oxygens (including phenoxy) is 2. The number of aromatic nitrogens is 1. The lowest BCUT2D eigenvalue weighted by atomic mass is 10.1. The first-order valence-corrected chi connectivity index (χ1v) is 6.15. The molecule has 0 aliphatic heterocycles. The molecule has 0 atom stereocenters. The van der Waals surface area contributed by atoms with Gasteiger partial charge in [-0.05, 0) is 26.0 Å². The molecule has 1 heterocycles. The number of nitrogens with zero attached hydrogens (tertiary/aromatic N) is 1. The number of carbonyl (C=O) groups excluding carboxylic acids is 1. The van der Waals surface area contributed by atoms with E-state index in [1.807, 2.05) is 20.8 Å². The fourth-order valence-corrected chi connectivity index (χ4v) is 1.33. The van der Waals surface area contributed by atoms with Crippen molar-refractivity contribution in [3.8, 4) is 5.75 Å². The van der Waals surface area contributed by atoms with Gasteiger partial charge in [0.1, 0.15) is 11.4 Å². The van der Waals surface area contributed by atoms with Crippen LogP contribution >= 0.6 is 0 Å². The third-order valence-corrected chi connectivity index (χ3v) is 2.87. The summed E-state index contributed by atoms with van der Waals surface area (Å²) in [7, 11) is 1.69. The second-order valence-electron chi connectivity index (χ2n) is 4.72. The lowest BCUT2D eigenvalue weighted by Crippen LogP contribution is -2.25. The normalized spacial score (nSPS) is 11.3. The highest BCUT2D eigenvalue weighted by atomic mass is 16.5. The summed E-state index contributed by atoms with van der Waals surface area (Å²) in [5.74, 6) is 0.719. The Morgan fingerprint density at radius 2 is 2.11 bits per heavy atom. The Bertz CT molecular complexity index is 385. The Kier molecular flexibility index (Phi) is 5.28. The minimum Gasteiger partial charge on any atom is -0.492 e. The van der Waals surface area contributed by atoms with Crippen molar-refractivity contribution >= 4 is 5.78 Å². The van der Waals surface area contributed by atoms with Crippen molar-refractivity contribution < 1.29 is 14.3 Å². The summed E-state index contributed by atoms with van der Waals surface area (Å²) in [6.45, 7) is 6.40. The van der Waals surface area contributed by atoms with Crippen LogP contribution in [0.3, 0.4) is 0 Å². The van der Waals surface area contributed by atoms with E-state index in [-0.39, 0.29) is 11.4 Å². The van der Waals surface area contributed by atoms with Crippen LogP contribution in [0.15, 0.2) is 18.3 Å². The van der Waals surface area contributed by atoms with E-state index in [0.717, 1.165) is 6.42 Å². The van der Waals surface area contributed by atoms with Crippen LogP contribution in [-0.4, -0.2) is 30.1 Å². The lowest BCUT2D eigenvalue weighted by molar-refractivity contribution is 0.00543. The van der Waals surface area contributed by atoms with Crippen molar-refractivity contribution in [1.82, 2.24) is 4.98 Å². The Morgan fingerprint density at radius 1 is 1.39 bits per heavy atom. The fourth-order valence-electron chi connectivity index (χ4n) is 1.33. The molecule has 0 saturated heterocycles. The van der Waals surface area contributed by atoms with Crippen LogP contribution < -0.4 is 4.74 Å². The third-order valence-electron chi connectivity index (χ3n) is 2.87. The number of hydrogen-bond acceptors (Lipinski definition) is 4. The fraction of sp³-hybridized carbons (Fsp3) is 0.571. The Balaban J connectivity index is 2.47. The van der Waals surface area contributed by atoms with Crippen LogP contribution in [-0.2, 0) is 4.74 Å². The van der Waals surface area contributed by atoms with Gasteiger partial charge in [-0.2, -0.15) is 0 Å². The highest BCUT2D eigenvalue weighted by Gasteiger charge is 2.16. The molecule has 0 unspecified atom stereocenters. The average molecular weight is 251 g/mol. The number of hydrogen-bond donors (Lipinski definition) is 0. The first kappa shape index (κ1) is 14.6. The summed E-state index contributed by atoms with van der Waals surface area (Å²) in [6.07, 6.45) is 2.84. The summed E-state index contributed by atoms with van der Waals surface area (Å²) in [4.78, 5) is 15.5. The van der Waals surface area contributed by atoms with E-state index < -0.39 is 0 Å². The van der Waals surface area contributed by atoms with Crippen molar-refractivity contribution in [2.75, 3.05) is 13.7 Å². The Hall–Kier alpha value is -1.42. The molecule has 0 saturated carbocycles. The summed E-state index contributed by atoms with van der Waals surface area (Å²) < 4.78 is 10.9. The Labute approximate surface area is 108 Å². The van der Waals surface area contributed by atoms with Gasteiger partial charge >= 0.3 is 0 Å². The van der Waals surface area contributed by atoms with Gasteiger partial charge in [0.05, 0.1) is 18.4 Å². The van der Waals surface area contributed by atoms with Crippen LogP contribution in [0.4, 0.5) is 0 Å². The van der Waals surface area contributed by atoms with Crippen molar-refractivity contribution in [2.24, 2.45) is 0 Å². The highest BCUT2D eigenvalue weighted by Crippen LogP contribution is 2.15. The van der Waals surface area contributed by atoms with Gasteiger partial charge in [0.25, 0.3) is 0 Å². The summed E-state index contributed by atoms with van der Waals surface area (Å²) in [5, 5.41) is 0. The van der Waals surface area contributed by atoms with E-state index in [1.54, 1.807) is 25.4 Å². The van der Waals surface area contributed by atoms with Crippen LogP contribution in [0.25, 0.3) is 0 Å². The third kappa shape index (κ3) is 4.45. The van der Waals surface area contributed by atoms with E-state index in [4.69, 9.17) is 9.47 Å². The maximum absolute atomic E-state index is 11.4. The molecule has 18 heavy (non-hydrogen) atoms. The van der Waals surface area contributed by atoms with Crippen LogP contribution in [0, 0.1) is 0 Å². The van der Waals surface area contributed by atoms with E-state index >= 15 is 0 Å². The minimum absolute atomic E-state index is 0.0436. The number of Topliss-reactive ketones (excluding diaryl/α,β-unsaturated/α-hetero) is 1. The van der Waals surface area contributed by atoms with E-state index in [1.165, 1.54) is 0 Å². The predicted molar refractivity (Wildman–Crippen MR) is 70.1 cm³/mol. The van der Waals surface area contributed by atoms with Gasteiger partial charge in [0.2, 0.25) is 0 Å². The molecule has 0 N–H and O–H groups in total. The first-order chi connectivity index (χ1) is 8.48. The average Bonchev–Trinajstić information content (AvgIpc) is 2.38. The molecule has 0 bridgehead atoms. The van der Waals surface area contributed by atoms with E-state index in [0.29, 0.717) is 24.5 Å². The SMILES string of the molecule is CCC(=O)c1ccc(OCCC(C)(C)OC)cn1. The van der Waals surface area contributed by atoms with Crippen molar-refractivity contribution in [1.29, 1.82) is 0 Å². The van der Waals surface area contributed by atoms with Crippen LogP contribution in [0.5, 0.6) is 5.75 Å². The van der Waals surface area contributed by atoms with Crippen molar-refractivity contribution in [3.05, 3.63) is 24.0 Å². The number of ketones is 1. The number of carbonyl (C=O) groups is 1. The van der Waals surface area contributed by atoms with Crippen molar-refractivity contribution in [2.45, 2.75) is 39.2 Å². The molecule has 1 aromatic rings. The maximum atomic E-state index is 11.4. The second kappa shape index (κ2) is 6.50. The lowest BCUT2D eigenvalue weighted by Gasteiger charge is -2.22. The van der Waals surface area contributed by atoms with Gasteiger partial charge in [-0.3, -0.25) is 4.79 Å². The van der Waals surface area contributed by atoms with Gasteiger partial charge in [0, 0.05) is 20.0 Å². The zero-order chi connectivity index (χ0) is 13.6. The van der Waals surface area contributed by atoms with Gasteiger partial charge in [0.15, 0.2) is 5.78 Å². The topological polar surface area (TPSA) is 48.4 Å². The molecule has 1 rings (SSSR count). The molecule has 0 aromatic carbocycles. The summed E-state index contributed by atoms with van der Waals surface area (Å²) >= 11 is 0. The highest BCUT2D eigenvalue weighted by molar-refractivity contribution is 5.93. The summed E-state index contributed by atoms with van der Waals surface area (Å²) in [6, 6.07) is 3.47. The molecule has 0 spiro atoms. The summed E-state index contributed by atoms with van der Waals surface area (Å²) in [5.41, 5.74) is 0.299. The van der Waals surface area contributed by atoms with Crippen LogP contribution in [0.1, 0.15) is 44.1 Å². The minimum atomic E-state index is -0.189. The molecule has 0 fully saturated rings. The molecule has 4 heteroatoms. The first-order valence-electron chi connectivity index (χ1n) is 6.15. The predicted octanol–water partition coefficient (Wildman–Crippen LogP) is 2.87. The molecule has 0 aliphatic carbocycles. The molecule has 0 amide bonds. The van der Waals surface area contributed by atoms with E-state index in [9.17, 15) is 4.79 Å². The van der Waals surface area contributed by atoms with Gasteiger partial charge in [-0.1, -0.05) is 6.92 Å².